The highest BCUT2D eigenvalue weighted by atomic mass is 32.2. The number of hydrogen-bond acceptors (Lipinski definition) is 5. The topological polar surface area (TPSA) is 97.6 Å². The zero-order chi connectivity index (χ0) is 18.0. The number of ether oxygens (including phenoxy) is 1. The molecule has 0 aliphatic heterocycles. The monoisotopic (exact) mass is 360 g/mol. The van der Waals surface area contributed by atoms with Crippen LogP contribution in [0.15, 0.2) is 57.8 Å². The smallest absolute Gasteiger partial charge is 0.301 e. The molecule has 130 valence electrons. The summed E-state index contributed by atoms with van der Waals surface area (Å²) in [5, 5.41) is 0.672. The van der Waals surface area contributed by atoms with Crippen LogP contribution < -0.4 is 15.0 Å². The standard InChI is InChI=1S/C17H16N2O5S/c1-11-5-3-7-13(9-11)25(21,22)19-18-17(20)15-10-12-6-4-8-14(23-2)16(12)24-15/h3-10,19H,1-2H3,(H,18,20). The van der Waals surface area contributed by atoms with E-state index in [1.807, 2.05) is 0 Å². The lowest BCUT2D eigenvalue weighted by Crippen LogP contribution is -2.41. The van der Waals surface area contributed by atoms with Crippen molar-refractivity contribution in [2.24, 2.45) is 0 Å². The van der Waals surface area contributed by atoms with Crippen LogP contribution in [0, 0.1) is 6.92 Å². The number of hydrogen-bond donors (Lipinski definition) is 2. The molecule has 0 unspecified atom stereocenters. The SMILES string of the molecule is COc1cccc2cc(C(=O)NNS(=O)(=O)c3cccc(C)c3)oc12. The second-order valence-corrected chi connectivity index (χ2v) is 7.05. The molecule has 1 aromatic heterocycles. The van der Waals surface area contributed by atoms with Crippen molar-refractivity contribution in [3.05, 3.63) is 59.9 Å². The molecule has 8 heteroatoms. The van der Waals surface area contributed by atoms with Gasteiger partial charge in [-0.1, -0.05) is 24.3 Å². The van der Waals surface area contributed by atoms with Crippen LogP contribution >= 0.6 is 0 Å². The Hall–Kier alpha value is -2.84. The van der Waals surface area contributed by atoms with Crippen molar-refractivity contribution in [2.75, 3.05) is 7.11 Å². The van der Waals surface area contributed by atoms with Gasteiger partial charge in [0.1, 0.15) is 0 Å². The van der Waals surface area contributed by atoms with E-state index in [4.69, 9.17) is 9.15 Å². The number of methoxy groups -OCH3 is 1. The molecule has 1 amide bonds. The second-order valence-electron chi connectivity index (χ2n) is 5.37. The van der Waals surface area contributed by atoms with E-state index in [9.17, 15) is 13.2 Å². The molecule has 1 heterocycles. The van der Waals surface area contributed by atoms with Gasteiger partial charge in [-0.05, 0) is 36.8 Å². The van der Waals surface area contributed by atoms with Gasteiger partial charge in [-0.2, -0.15) is 0 Å². The Morgan fingerprint density at radius 3 is 2.60 bits per heavy atom. The van der Waals surface area contributed by atoms with Crippen molar-refractivity contribution in [3.63, 3.8) is 0 Å². The quantitative estimate of drug-likeness (QED) is 0.681. The Morgan fingerprint density at radius 1 is 1.12 bits per heavy atom. The van der Waals surface area contributed by atoms with E-state index < -0.39 is 15.9 Å². The zero-order valence-corrected chi connectivity index (χ0v) is 14.4. The summed E-state index contributed by atoms with van der Waals surface area (Å²) in [6, 6.07) is 13.1. The summed E-state index contributed by atoms with van der Waals surface area (Å²) in [4.78, 5) is 14.3. The zero-order valence-electron chi connectivity index (χ0n) is 13.6. The van der Waals surface area contributed by atoms with Crippen molar-refractivity contribution in [1.82, 2.24) is 10.3 Å². The lowest BCUT2D eigenvalue weighted by molar-refractivity contribution is 0.0919. The van der Waals surface area contributed by atoms with Crippen LogP contribution in [0.1, 0.15) is 16.1 Å². The third-order valence-electron chi connectivity index (χ3n) is 3.55. The van der Waals surface area contributed by atoms with Crippen molar-refractivity contribution in [3.8, 4) is 5.75 Å². The van der Waals surface area contributed by atoms with Gasteiger partial charge in [0.2, 0.25) is 0 Å². The first-order valence-electron chi connectivity index (χ1n) is 7.36. The van der Waals surface area contributed by atoms with Crippen LogP contribution in [0.4, 0.5) is 0 Å². The Kier molecular flexibility index (Phi) is 4.47. The van der Waals surface area contributed by atoms with Gasteiger partial charge in [0.05, 0.1) is 12.0 Å². The highest BCUT2D eigenvalue weighted by Crippen LogP contribution is 2.28. The molecular formula is C17H16N2O5S. The van der Waals surface area contributed by atoms with Crippen molar-refractivity contribution >= 4 is 26.9 Å². The molecule has 0 atom stereocenters. The van der Waals surface area contributed by atoms with E-state index in [-0.39, 0.29) is 10.7 Å². The molecule has 0 radical (unpaired) electrons. The first-order chi connectivity index (χ1) is 11.9. The minimum atomic E-state index is -3.88. The van der Waals surface area contributed by atoms with Gasteiger partial charge in [-0.15, -0.1) is 4.83 Å². The van der Waals surface area contributed by atoms with E-state index >= 15 is 0 Å². The summed E-state index contributed by atoms with van der Waals surface area (Å²) >= 11 is 0. The average molecular weight is 360 g/mol. The van der Waals surface area contributed by atoms with Crippen molar-refractivity contribution in [2.45, 2.75) is 11.8 Å². The number of rotatable bonds is 5. The van der Waals surface area contributed by atoms with Crippen LogP contribution in [-0.4, -0.2) is 21.4 Å². The molecule has 0 saturated carbocycles. The van der Waals surface area contributed by atoms with Crippen molar-refractivity contribution < 1.29 is 22.4 Å². The van der Waals surface area contributed by atoms with Gasteiger partial charge < -0.3 is 9.15 Å². The molecule has 2 N–H and O–H groups in total. The van der Waals surface area contributed by atoms with E-state index in [2.05, 4.69) is 10.3 Å². The number of sulfonamides is 1. The van der Waals surface area contributed by atoms with E-state index in [1.54, 1.807) is 37.3 Å². The van der Waals surface area contributed by atoms with E-state index in [0.717, 1.165) is 5.56 Å². The lowest BCUT2D eigenvalue weighted by Gasteiger charge is -2.07. The number of amides is 1. The summed E-state index contributed by atoms with van der Waals surface area (Å²) in [6.07, 6.45) is 0. The Balaban J connectivity index is 1.79. The normalized spacial score (nSPS) is 11.4. The number of carbonyl (C=O) groups excluding carboxylic acids is 1. The number of hydrazine groups is 1. The van der Waals surface area contributed by atoms with Crippen LogP contribution in [-0.2, 0) is 10.0 Å². The molecule has 7 nitrogen and oxygen atoms in total. The number of nitrogens with one attached hydrogen (secondary N) is 2. The molecule has 0 saturated heterocycles. The summed E-state index contributed by atoms with van der Waals surface area (Å²) in [7, 11) is -2.38. The molecular weight excluding hydrogens is 344 g/mol. The maximum Gasteiger partial charge on any atom is 0.301 e. The van der Waals surface area contributed by atoms with Gasteiger partial charge >= 0.3 is 5.91 Å². The minimum absolute atomic E-state index is 0.0357. The second kappa shape index (κ2) is 6.58. The fraction of sp³-hybridized carbons (Fsp3) is 0.118. The summed E-state index contributed by atoms with van der Waals surface area (Å²) < 4.78 is 35.1. The summed E-state index contributed by atoms with van der Waals surface area (Å²) in [5.41, 5.74) is 3.35. The Labute approximate surface area is 144 Å². The molecule has 0 bridgehead atoms. The van der Waals surface area contributed by atoms with E-state index in [1.165, 1.54) is 25.3 Å². The number of para-hydroxylation sites is 1. The average Bonchev–Trinajstić information content (AvgIpc) is 3.04. The highest BCUT2D eigenvalue weighted by Gasteiger charge is 2.19. The number of fused-ring (bicyclic) bond motifs is 1. The molecule has 3 aromatic rings. The molecule has 0 spiro atoms. The molecule has 0 aliphatic carbocycles. The largest absolute Gasteiger partial charge is 0.493 e. The number of benzene rings is 2. The third-order valence-corrected chi connectivity index (χ3v) is 4.80. The van der Waals surface area contributed by atoms with Crippen molar-refractivity contribution in [1.29, 1.82) is 0 Å². The molecule has 0 fully saturated rings. The molecule has 25 heavy (non-hydrogen) atoms. The number of aryl methyl sites for hydroxylation is 1. The summed E-state index contributed by atoms with van der Waals surface area (Å²) in [6.45, 7) is 1.78. The Bertz CT molecular complexity index is 1040. The van der Waals surface area contributed by atoms with Gasteiger partial charge in [-0.25, -0.2) is 8.42 Å². The minimum Gasteiger partial charge on any atom is -0.493 e. The fourth-order valence-electron chi connectivity index (χ4n) is 2.33. The maximum atomic E-state index is 12.2. The lowest BCUT2D eigenvalue weighted by atomic mass is 10.2. The van der Waals surface area contributed by atoms with Crippen LogP contribution in [0.3, 0.4) is 0 Å². The molecule has 3 rings (SSSR count). The molecule has 2 aromatic carbocycles. The van der Waals surface area contributed by atoms with Gasteiger partial charge in [0.15, 0.2) is 17.1 Å². The van der Waals surface area contributed by atoms with Gasteiger partial charge in [0.25, 0.3) is 10.0 Å². The number of carbonyl (C=O) groups is 1. The maximum absolute atomic E-state index is 12.2. The Morgan fingerprint density at radius 2 is 1.88 bits per heavy atom. The first-order valence-corrected chi connectivity index (χ1v) is 8.84. The van der Waals surface area contributed by atoms with Crippen LogP contribution in [0.25, 0.3) is 11.0 Å². The first kappa shape index (κ1) is 17.0. The van der Waals surface area contributed by atoms with Crippen LogP contribution in [0.5, 0.6) is 5.75 Å². The predicted molar refractivity (Wildman–Crippen MR) is 91.7 cm³/mol. The van der Waals surface area contributed by atoms with Crippen LogP contribution in [0.2, 0.25) is 0 Å². The van der Waals surface area contributed by atoms with Gasteiger partial charge in [-0.3, -0.25) is 10.2 Å². The fourth-order valence-corrected chi connectivity index (χ4v) is 3.27. The highest BCUT2D eigenvalue weighted by molar-refractivity contribution is 7.89. The van der Waals surface area contributed by atoms with Gasteiger partial charge in [0, 0.05) is 5.39 Å². The third kappa shape index (κ3) is 3.49. The number of furan rings is 1. The summed E-state index contributed by atoms with van der Waals surface area (Å²) in [5.74, 6) is -0.266. The van der Waals surface area contributed by atoms with E-state index in [0.29, 0.717) is 16.7 Å². The molecule has 0 aliphatic rings. The predicted octanol–water partition coefficient (Wildman–Crippen LogP) is 2.37.